The number of amides is 2. The van der Waals surface area contributed by atoms with E-state index in [-0.39, 0.29) is 30.1 Å². The van der Waals surface area contributed by atoms with E-state index in [4.69, 9.17) is 0 Å². The van der Waals surface area contributed by atoms with Gasteiger partial charge in [0.25, 0.3) is 0 Å². The molecule has 1 aliphatic carbocycles. The highest BCUT2D eigenvalue weighted by atomic mass is 19.1. The number of halogens is 2. The fraction of sp³-hybridized carbons (Fsp3) is 0.400. The summed E-state index contributed by atoms with van der Waals surface area (Å²) in [5, 5.41) is 2.09. The molecule has 6 heteroatoms. The number of rotatable bonds is 2. The van der Waals surface area contributed by atoms with E-state index in [1.807, 2.05) is 0 Å². The summed E-state index contributed by atoms with van der Waals surface area (Å²) in [6, 6.07) is 2.39. The minimum atomic E-state index is -0.986. The van der Waals surface area contributed by atoms with Crippen LogP contribution in [0.3, 0.4) is 0 Å². The van der Waals surface area contributed by atoms with Gasteiger partial charge in [0, 0.05) is 24.8 Å². The van der Waals surface area contributed by atoms with E-state index >= 15 is 0 Å². The van der Waals surface area contributed by atoms with Gasteiger partial charge in [0.2, 0.25) is 11.8 Å². The fourth-order valence-electron chi connectivity index (χ4n) is 2.87. The molecule has 4 nitrogen and oxygen atoms in total. The highest BCUT2D eigenvalue weighted by Crippen LogP contribution is 2.37. The Kier molecular flexibility index (Phi) is 3.31. The van der Waals surface area contributed by atoms with Gasteiger partial charge in [-0.3, -0.25) is 19.7 Å². The third-order valence-corrected chi connectivity index (χ3v) is 4.11. The molecule has 1 aliphatic heterocycles. The minimum absolute atomic E-state index is 0.0637. The van der Waals surface area contributed by atoms with Crippen LogP contribution in [0, 0.1) is 11.6 Å². The van der Waals surface area contributed by atoms with E-state index in [1.54, 1.807) is 0 Å². The highest BCUT2D eigenvalue weighted by Gasteiger charge is 2.34. The van der Waals surface area contributed by atoms with Crippen LogP contribution in [0.25, 0.3) is 0 Å². The highest BCUT2D eigenvalue weighted by molar-refractivity contribution is 6.01. The van der Waals surface area contributed by atoms with Crippen molar-refractivity contribution in [1.82, 2.24) is 5.32 Å². The number of Topliss-reactive ketones (excluding diaryl/α,β-unsaturated/α-hetero) is 1. The molecule has 2 fully saturated rings. The summed E-state index contributed by atoms with van der Waals surface area (Å²) in [5.74, 6) is -3.73. The predicted octanol–water partition coefficient (Wildman–Crippen LogP) is 1.93. The standard InChI is InChI=1S/C15H13F2NO3/c16-11-5-8(7-3-9(19)4-7)6-12(17)14(11)10-1-2-13(20)18-15(10)21/h5-7,10H,1-4H2,(H,18,20,21)/t10-/m1/s1. The van der Waals surface area contributed by atoms with Crippen molar-refractivity contribution in [3.8, 4) is 0 Å². The van der Waals surface area contributed by atoms with E-state index in [0.29, 0.717) is 18.4 Å². The summed E-state index contributed by atoms with van der Waals surface area (Å²) in [4.78, 5) is 33.8. The smallest absolute Gasteiger partial charge is 0.234 e. The molecule has 1 heterocycles. The molecular weight excluding hydrogens is 280 g/mol. The molecular formula is C15H13F2NO3. The van der Waals surface area contributed by atoms with Crippen molar-refractivity contribution < 1.29 is 23.2 Å². The van der Waals surface area contributed by atoms with Gasteiger partial charge in [-0.25, -0.2) is 8.78 Å². The molecule has 0 bridgehead atoms. The van der Waals surface area contributed by atoms with Crippen molar-refractivity contribution in [3.63, 3.8) is 0 Å². The summed E-state index contributed by atoms with van der Waals surface area (Å²) in [7, 11) is 0. The van der Waals surface area contributed by atoms with Gasteiger partial charge in [0.05, 0.1) is 5.92 Å². The van der Waals surface area contributed by atoms with Crippen molar-refractivity contribution in [3.05, 3.63) is 34.9 Å². The average molecular weight is 293 g/mol. The van der Waals surface area contributed by atoms with Crippen LogP contribution in [0.1, 0.15) is 48.6 Å². The molecule has 1 N–H and O–H groups in total. The number of imide groups is 1. The minimum Gasteiger partial charge on any atom is -0.300 e. The Morgan fingerprint density at radius 3 is 2.19 bits per heavy atom. The van der Waals surface area contributed by atoms with Gasteiger partial charge in [-0.1, -0.05) is 0 Å². The van der Waals surface area contributed by atoms with Crippen molar-refractivity contribution in [2.24, 2.45) is 0 Å². The predicted molar refractivity (Wildman–Crippen MR) is 68.5 cm³/mol. The van der Waals surface area contributed by atoms with Crippen molar-refractivity contribution in [2.75, 3.05) is 0 Å². The Morgan fingerprint density at radius 2 is 1.67 bits per heavy atom. The summed E-state index contributed by atoms with van der Waals surface area (Å²) >= 11 is 0. The number of ketones is 1. The van der Waals surface area contributed by atoms with E-state index in [0.717, 1.165) is 0 Å². The van der Waals surface area contributed by atoms with Gasteiger partial charge >= 0.3 is 0 Å². The summed E-state index contributed by atoms with van der Waals surface area (Å²) in [5.41, 5.74) is 0.148. The first-order valence-corrected chi connectivity index (χ1v) is 6.80. The Balaban J connectivity index is 1.91. The fourth-order valence-corrected chi connectivity index (χ4v) is 2.87. The molecule has 1 aromatic rings. The van der Waals surface area contributed by atoms with Crippen LogP contribution < -0.4 is 5.32 Å². The van der Waals surface area contributed by atoms with Crippen LogP contribution in [-0.2, 0) is 14.4 Å². The zero-order valence-corrected chi connectivity index (χ0v) is 11.1. The van der Waals surface area contributed by atoms with Crippen LogP contribution >= 0.6 is 0 Å². The van der Waals surface area contributed by atoms with E-state index in [1.165, 1.54) is 12.1 Å². The molecule has 0 aromatic heterocycles. The maximum atomic E-state index is 14.2. The molecule has 110 valence electrons. The molecule has 1 saturated heterocycles. The number of carbonyl (C=O) groups is 3. The van der Waals surface area contributed by atoms with Gasteiger partial charge in [0.1, 0.15) is 17.4 Å². The quantitative estimate of drug-likeness (QED) is 0.847. The zero-order valence-electron chi connectivity index (χ0n) is 11.1. The number of hydrogen-bond acceptors (Lipinski definition) is 3. The second-order valence-electron chi connectivity index (χ2n) is 5.55. The monoisotopic (exact) mass is 293 g/mol. The van der Waals surface area contributed by atoms with Crippen LogP contribution in [0.15, 0.2) is 12.1 Å². The van der Waals surface area contributed by atoms with Crippen LogP contribution in [0.4, 0.5) is 8.78 Å². The molecule has 0 radical (unpaired) electrons. The molecule has 1 atom stereocenters. The number of hydrogen-bond donors (Lipinski definition) is 1. The topological polar surface area (TPSA) is 63.2 Å². The van der Waals surface area contributed by atoms with Crippen LogP contribution in [0.2, 0.25) is 0 Å². The first kappa shape index (κ1) is 13.9. The second-order valence-corrected chi connectivity index (χ2v) is 5.55. The Morgan fingerprint density at radius 1 is 1.05 bits per heavy atom. The molecule has 0 spiro atoms. The Hall–Kier alpha value is -2.11. The lowest BCUT2D eigenvalue weighted by Crippen LogP contribution is -2.40. The van der Waals surface area contributed by atoms with Gasteiger partial charge < -0.3 is 0 Å². The summed E-state index contributed by atoms with van der Waals surface area (Å²) < 4.78 is 28.4. The third kappa shape index (κ3) is 2.46. The lowest BCUT2D eigenvalue weighted by atomic mass is 9.78. The largest absolute Gasteiger partial charge is 0.300 e. The zero-order chi connectivity index (χ0) is 15.1. The number of benzene rings is 1. The molecule has 0 unspecified atom stereocenters. The lowest BCUT2D eigenvalue weighted by molar-refractivity contribution is -0.134. The first-order chi connectivity index (χ1) is 9.95. The number of nitrogens with one attached hydrogen (secondary N) is 1. The lowest BCUT2D eigenvalue weighted by Gasteiger charge is -2.26. The van der Waals surface area contributed by atoms with Gasteiger partial charge in [0.15, 0.2) is 0 Å². The molecule has 2 aliphatic rings. The van der Waals surface area contributed by atoms with Gasteiger partial charge in [-0.05, 0) is 30.0 Å². The third-order valence-electron chi connectivity index (χ3n) is 4.11. The number of piperidine rings is 1. The summed E-state index contributed by atoms with van der Waals surface area (Å²) in [6.45, 7) is 0. The maximum Gasteiger partial charge on any atom is 0.234 e. The molecule has 21 heavy (non-hydrogen) atoms. The van der Waals surface area contributed by atoms with E-state index in [2.05, 4.69) is 5.32 Å². The van der Waals surface area contributed by atoms with Gasteiger partial charge in [-0.15, -0.1) is 0 Å². The average Bonchev–Trinajstić information content (AvgIpc) is 2.36. The SMILES string of the molecule is O=C1CC(c2cc(F)c([C@H]3CCC(=O)NC3=O)c(F)c2)C1. The van der Waals surface area contributed by atoms with Crippen molar-refractivity contribution in [1.29, 1.82) is 0 Å². The molecule has 1 aromatic carbocycles. The molecule has 2 amide bonds. The normalized spacial score (nSPS) is 23.0. The first-order valence-electron chi connectivity index (χ1n) is 6.80. The van der Waals surface area contributed by atoms with E-state index < -0.39 is 29.4 Å². The van der Waals surface area contributed by atoms with Crippen molar-refractivity contribution >= 4 is 17.6 Å². The van der Waals surface area contributed by atoms with E-state index in [9.17, 15) is 23.2 Å². The van der Waals surface area contributed by atoms with Crippen molar-refractivity contribution in [2.45, 2.75) is 37.5 Å². The second kappa shape index (κ2) is 5.02. The molecule has 1 saturated carbocycles. The Bertz CT molecular complexity index is 625. The van der Waals surface area contributed by atoms with Gasteiger partial charge in [-0.2, -0.15) is 0 Å². The Labute approximate surface area is 119 Å². The maximum absolute atomic E-state index is 14.2. The number of carbonyl (C=O) groups excluding carboxylic acids is 3. The van der Waals surface area contributed by atoms with Crippen LogP contribution in [-0.4, -0.2) is 17.6 Å². The van der Waals surface area contributed by atoms with Crippen LogP contribution in [0.5, 0.6) is 0 Å². The molecule has 3 rings (SSSR count). The summed E-state index contributed by atoms with van der Waals surface area (Å²) in [6.07, 6.45) is 0.765.